The topological polar surface area (TPSA) is 72.0 Å². The summed E-state index contributed by atoms with van der Waals surface area (Å²) >= 11 is 4.90. The Balaban J connectivity index is 2.99. The van der Waals surface area contributed by atoms with Gasteiger partial charge in [-0.25, -0.2) is 10.1 Å². The number of H-pyrrole nitrogens is 1. The van der Waals surface area contributed by atoms with Crippen LogP contribution in [0.1, 0.15) is 0 Å². The molecular weight excluding hydrogens is 162 g/mol. The van der Waals surface area contributed by atoms with Gasteiger partial charge in [0.25, 0.3) is 5.78 Å². The zero-order chi connectivity index (χ0) is 7.84. The molecule has 2 aromatic rings. The number of nitrogens with zero attached hydrogens (tertiary/aromatic N) is 3. The van der Waals surface area contributed by atoms with E-state index in [9.17, 15) is 0 Å². The molecule has 0 unspecified atom stereocenters. The third kappa shape index (κ3) is 0.874. The minimum Gasteiger partial charge on any atom is -0.396 e. The summed E-state index contributed by atoms with van der Waals surface area (Å²) in [5.74, 6) is 0.532. The van der Waals surface area contributed by atoms with Crippen molar-refractivity contribution >= 4 is 23.7 Å². The summed E-state index contributed by atoms with van der Waals surface area (Å²) in [6.07, 6.45) is 3.21. The van der Waals surface area contributed by atoms with Crippen molar-refractivity contribution < 1.29 is 0 Å². The molecule has 0 aliphatic rings. The van der Waals surface area contributed by atoms with Gasteiger partial charge in [-0.15, -0.1) is 5.10 Å². The maximum atomic E-state index is 5.48. The first kappa shape index (κ1) is 6.29. The second-order valence-corrected chi connectivity index (χ2v) is 2.47. The van der Waals surface area contributed by atoms with E-state index >= 15 is 0 Å². The molecule has 0 radical (unpaired) electrons. The average Bonchev–Trinajstić information content (AvgIpc) is 2.33. The number of nitrogen functional groups attached to an aromatic ring is 1. The molecule has 11 heavy (non-hydrogen) atoms. The molecule has 2 aromatic heterocycles. The number of hydrogen-bond acceptors (Lipinski definition) is 4. The SMILES string of the molecule is Nc1cnc2n[nH]c(=S)n2c1. The molecule has 0 atom stereocenters. The number of nitrogens with one attached hydrogen (secondary N) is 1. The van der Waals surface area contributed by atoms with E-state index < -0.39 is 0 Å². The van der Waals surface area contributed by atoms with Gasteiger partial charge in [-0.1, -0.05) is 0 Å². The van der Waals surface area contributed by atoms with E-state index in [1.54, 1.807) is 10.6 Å². The first-order valence-electron chi connectivity index (χ1n) is 2.95. The highest BCUT2D eigenvalue weighted by Gasteiger charge is 1.96. The van der Waals surface area contributed by atoms with Gasteiger partial charge < -0.3 is 5.73 Å². The van der Waals surface area contributed by atoms with Crippen LogP contribution in [0.2, 0.25) is 0 Å². The van der Waals surface area contributed by atoms with E-state index in [4.69, 9.17) is 18.0 Å². The lowest BCUT2D eigenvalue weighted by atomic mass is 10.6. The van der Waals surface area contributed by atoms with Crippen molar-refractivity contribution in [1.82, 2.24) is 19.6 Å². The molecule has 56 valence electrons. The number of rotatable bonds is 0. The summed E-state index contributed by atoms with van der Waals surface area (Å²) in [7, 11) is 0. The van der Waals surface area contributed by atoms with Crippen molar-refractivity contribution in [2.75, 3.05) is 5.73 Å². The number of hydrogen-bond donors (Lipinski definition) is 2. The van der Waals surface area contributed by atoms with E-state index in [0.29, 0.717) is 16.2 Å². The highest BCUT2D eigenvalue weighted by atomic mass is 32.1. The Morgan fingerprint density at radius 2 is 2.45 bits per heavy atom. The number of aromatic nitrogens is 4. The number of aromatic amines is 1. The van der Waals surface area contributed by atoms with Gasteiger partial charge in [-0.3, -0.25) is 4.40 Å². The molecule has 0 saturated heterocycles. The normalized spacial score (nSPS) is 10.5. The predicted octanol–water partition coefficient (Wildman–Crippen LogP) is 0.369. The Bertz CT molecular complexity index is 441. The van der Waals surface area contributed by atoms with Crippen LogP contribution in [-0.2, 0) is 0 Å². The summed E-state index contributed by atoms with van der Waals surface area (Å²) in [4.78, 5) is 3.93. The second-order valence-electron chi connectivity index (χ2n) is 2.09. The van der Waals surface area contributed by atoms with Gasteiger partial charge in [0.2, 0.25) is 4.77 Å². The van der Waals surface area contributed by atoms with Crippen molar-refractivity contribution in [2.45, 2.75) is 0 Å². The molecule has 6 heteroatoms. The van der Waals surface area contributed by atoms with Gasteiger partial charge in [-0.2, -0.15) is 0 Å². The highest BCUT2D eigenvalue weighted by molar-refractivity contribution is 7.71. The van der Waals surface area contributed by atoms with Crippen LogP contribution >= 0.6 is 12.2 Å². The Kier molecular flexibility index (Phi) is 1.16. The van der Waals surface area contributed by atoms with E-state index in [0.717, 1.165) is 0 Å². The van der Waals surface area contributed by atoms with Crippen molar-refractivity contribution in [3.05, 3.63) is 17.2 Å². The lowest BCUT2D eigenvalue weighted by molar-refractivity contribution is 1.08. The third-order valence-corrected chi connectivity index (χ3v) is 1.58. The molecular formula is C5H5N5S. The molecule has 2 heterocycles. The van der Waals surface area contributed by atoms with Crippen molar-refractivity contribution in [1.29, 1.82) is 0 Å². The van der Waals surface area contributed by atoms with Crippen LogP contribution in [-0.4, -0.2) is 19.6 Å². The molecule has 3 N–H and O–H groups in total. The quantitative estimate of drug-likeness (QED) is 0.556. The molecule has 0 fully saturated rings. The van der Waals surface area contributed by atoms with Crippen LogP contribution in [0.4, 0.5) is 5.69 Å². The fourth-order valence-corrected chi connectivity index (χ4v) is 0.998. The maximum absolute atomic E-state index is 5.48. The Hall–Kier alpha value is -1.43. The fourth-order valence-electron chi connectivity index (χ4n) is 0.818. The minimum absolute atomic E-state index is 0.500. The smallest absolute Gasteiger partial charge is 0.253 e. The number of fused-ring (bicyclic) bond motifs is 1. The predicted molar refractivity (Wildman–Crippen MR) is 42.6 cm³/mol. The van der Waals surface area contributed by atoms with Gasteiger partial charge in [0.1, 0.15) is 0 Å². The summed E-state index contributed by atoms with van der Waals surface area (Å²) in [5, 5.41) is 6.44. The highest BCUT2D eigenvalue weighted by Crippen LogP contribution is 2.00. The molecule has 0 saturated carbocycles. The standard InChI is InChI=1S/C5H5N5S/c6-3-1-7-4-8-9-5(11)10(4)2-3/h1-2H,6H2,(H,9,11). The fraction of sp³-hybridized carbons (Fsp3) is 0. The Labute approximate surface area is 66.9 Å². The van der Waals surface area contributed by atoms with E-state index in [2.05, 4.69) is 15.2 Å². The van der Waals surface area contributed by atoms with Crippen LogP contribution in [0.25, 0.3) is 5.78 Å². The first-order valence-corrected chi connectivity index (χ1v) is 3.36. The third-order valence-electron chi connectivity index (χ3n) is 1.29. The molecule has 0 bridgehead atoms. The lowest BCUT2D eigenvalue weighted by Crippen LogP contribution is -1.92. The van der Waals surface area contributed by atoms with Crippen LogP contribution < -0.4 is 5.73 Å². The largest absolute Gasteiger partial charge is 0.396 e. The van der Waals surface area contributed by atoms with E-state index in [1.165, 1.54) is 6.20 Å². The maximum Gasteiger partial charge on any atom is 0.253 e. The van der Waals surface area contributed by atoms with Gasteiger partial charge in [0.05, 0.1) is 11.9 Å². The van der Waals surface area contributed by atoms with Crippen molar-refractivity contribution in [3.63, 3.8) is 0 Å². The Morgan fingerprint density at radius 1 is 1.64 bits per heavy atom. The molecule has 2 rings (SSSR count). The zero-order valence-corrected chi connectivity index (χ0v) is 6.30. The molecule has 0 spiro atoms. The average molecular weight is 167 g/mol. The van der Waals surface area contributed by atoms with Gasteiger partial charge in [0, 0.05) is 6.20 Å². The monoisotopic (exact) mass is 167 g/mol. The molecule has 5 nitrogen and oxygen atoms in total. The molecule has 0 aromatic carbocycles. The summed E-state index contributed by atoms with van der Waals surface area (Å²) < 4.78 is 2.12. The van der Waals surface area contributed by atoms with Gasteiger partial charge in [0.15, 0.2) is 0 Å². The van der Waals surface area contributed by atoms with Gasteiger partial charge in [-0.05, 0) is 12.2 Å². The van der Waals surface area contributed by atoms with Crippen LogP contribution in [0.15, 0.2) is 12.4 Å². The van der Waals surface area contributed by atoms with E-state index in [-0.39, 0.29) is 0 Å². The second kappa shape index (κ2) is 2.03. The number of anilines is 1. The van der Waals surface area contributed by atoms with E-state index in [1.807, 2.05) is 0 Å². The number of nitrogens with two attached hydrogens (primary N) is 1. The minimum atomic E-state index is 0.500. The summed E-state index contributed by atoms with van der Waals surface area (Å²) in [5.41, 5.74) is 6.05. The Morgan fingerprint density at radius 3 is 3.27 bits per heavy atom. The molecule has 0 amide bonds. The van der Waals surface area contributed by atoms with Crippen LogP contribution in [0.3, 0.4) is 0 Å². The van der Waals surface area contributed by atoms with Crippen LogP contribution in [0.5, 0.6) is 0 Å². The molecule has 0 aliphatic heterocycles. The molecule has 0 aliphatic carbocycles. The van der Waals surface area contributed by atoms with Crippen molar-refractivity contribution in [2.24, 2.45) is 0 Å². The summed E-state index contributed by atoms with van der Waals surface area (Å²) in [6.45, 7) is 0. The lowest BCUT2D eigenvalue weighted by Gasteiger charge is -1.91. The van der Waals surface area contributed by atoms with Gasteiger partial charge >= 0.3 is 0 Å². The summed E-state index contributed by atoms with van der Waals surface area (Å²) in [6, 6.07) is 0. The van der Waals surface area contributed by atoms with Crippen LogP contribution in [0, 0.1) is 4.77 Å². The first-order chi connectivity index (χ1) is 5.27. The zero-order valence-electron chi connectivity index (χ0n) is 5.48. The van der Waals surface area contributed by atoms with Crippen molar-refractivity contribution in [3.8, 4) is 0 Å².